The van der Waals surface area contributed by atoms with Gasteiger partial charge in [0.25, 0.3) is 0 Å². The first kappa shape index (κ1) is 10.3. The van der Waals surface area contributed by atoms with Gasteiger partial charge in [0, 0.05) is 27.4 Å². The molecule has 0 bridgehead atoms. The van der Waals surface area contributed by atoms with E-state index in [0.717, 1.165) is 5.69 Å². The van der Waals surface area contributed by atoms with Crippen LogP contribution in [0.3, 0.4) is 0 Å². The van der Waals surface area contributed by atoms with Crippen LogP contribution in [0.25, 0.3) is 6.08 Å². The van der Waals surface area contributed by atoms with Crippen LogP contribution in [0.1, 0.15) is 11.5 Å². The van der Waals surface area contributed by atoms with Gasteiger partial charge in [-0.2, -0.15) is 0 Å². The fourth-order valence-electron chi connectivity index (χ4n) is 0.698. The Balaban J connectivity index is 2.74. The number of halogens is 1. The molecule has 66 valence electrons. The van der Waals surface area contributed by atoms with E-state index in [2.05, 4.69) is 42.3 Å². The van der Waals surface area contributed by atoms with Crippen LogP contribution in [0.2, 0.25) is 0 Å². The van der Waals surface area contributed by atoms with Crippen molar-refractivity contribution in [2.24, 2.45) is 0 Å². The molecule has 1 heterocycles. The molecule has 0 saturated carbocycles. The molecule has 0 saturated heterocycles. The van der Waals surface area contributed by atoms with Crippen LogP contribution in [0.4, 0.5) is 0 Å². The van der Waals surface area contributed by atoms with E-state index in [0.29, 0.717) is 5.82 Å². The van der Waals surface area contributed by atoms with E-state index in [4.69, 9.17) is 5.41 Å². The number of aromatic nitrogens is 2. The van der Waals surface area contributed by atoms with E-state index in [9.17, 15) is 0 Å². The summed E-state index contributed by atoms with van der Waals surface area (Å²) in [4.78, 5) is 7.04. The van der Waals surface area contributed by atoms with E-state index >= 15 is 0 Å². The van der Waals surface area contributed by atoms with E-state index in [1.165, 1.54) is 15.1 Å². The molecule has 0 aliphatic carbocycles. The summed E-state index contributed by atoms with van der Waals surface area (Å²) in [5.41, 5.74) is 0.786. The molecule has 5 heteroatoms. The van der Waals surface area contributed by atoms with Crippen molar-refractivity contribution in [1.82, 2.24) is 9.97 Å². The van der Waals surface area contributed by atoms with Crippen LogP contribution >= 0.6 is 30.1 Å². The third-order valence-electron chi connectivity index (χ3n) is 1.17. The first-order valence-electron chi connectivity index (χ1n) is 3.37. The van der Waals surface area contributed by atoms with Gasteiger partial charge in [-0.1, -0.05) is 0 Å². The number of H-pyrrole nitrogens is 1. The van der Waals surface area contributed by atoms with Crippen LogP contribution in [0, 0.1) is 16.6 Å². The number of nitrogens with zero attached hydrogens (tertiary/aromatic N) is 1. The number of hydrogen-bond donors (Lipinski definition) is 2. The Bertz CT molecular complexity index is 372. The van der Waals surface area contributed by atoms with E-state index in [-0.39, 0.29) is 0 Å². The molecule has 13 heavy (non-hydrogen) atoms. The van der Waals surface area contributed by atoms with Gasteiger partial charge in [-0.15, -0.1) is 0 Å². The Morgan fingerprint density at radius 2 is 2.54 bits per heavy atom. The van der Waals surface area contributed by atoms with Crippen LogP contribution in [0.15, 0.2) is 12.3 Å². The fraction of sp³-hybridized carbons (Fsp3) is 0. The average Bonchev–Trinajstić information content (AvgIpc) is 2.59. The summed E-state index contributed by atoms with van der Waals surface area (Å²) in [7, 11) is 1.43. The normalized spacial score (nSPS) is 9.62. The summed E-state index contributed by atoms with van der Waals surface area (Å²) in [6.45, 7) is 0. The van der Waals surface area contributed by atoms with Gasteiger partial charge in [-0.25, -0.2) is 4.98 Å². The highest BCUT2D eigenvalue weighted by atomic mass is 127. The molecule has 0 unspecified atom stereocenters. The SMILES string of the molecule is N=C/C=C\c1ncc(C#CSI)[nH]1. The zero-order valence-electron chi connectivity index (χ0n) is 6.54. The van der Waals surface area contributed by atoms with Gasteiger partial charge in [-0.05, 0) is 32.3 Å². The highest BCUT2D eigenvalue weighted by Gasteiger charge is 1.91. The molecule has 0 aliphatic heterocycles. The lowest BCUT2D eigenvalue weighted by Gasteiger charge is -1.80. The monoisotopic (exact) mass is 303 g/mol. The van der Waals surface area contributed by atoms with Crippen molar-refractivity contribution in [3.05, 3.63) is 23.8 Å². The number of nitrogens with one attached hydrogen (secondary N) is 2. The first-order chi connectivity index (χ1) is 6.36. The lowest BCUT2D eigenvalue weighted by molar-refractivity contribution is 1.26. The summed E-state index contributed by atoms with van der Waals surface area (Å²) < 4.78 is 0. The smallest absolute Gasteiger partial charge is 0.130 e. The molecule has 0 spiro atoms. The lowest BCUT2D eigenvalue weighted by Crippen LogP contribution is -1.75. The van der Waals surface area contributed by atoms with Gasteiger partial charge in [0.05, 0.1) is 6.20 Å². The van der Waals surface area contributed by atoms with Crippen molar-refractivity contribution in [3.8, 4) is 11.2 Å². The highest BCUT2D eigenvalue weighted by Crippen LogP contribution is 2.07. The molecule has 1 aromatic rings. The Morgan fingerprint density at radius 3 is 3.23 bits per heavy atom. The second-order valence-electron chi connectivity index (χ2n) is 2.01. The van der Waals surface area contributed by atoms with E-state index < -0.39 is 0 Å². The maximum absolute atomic E-state index is 6.78. The van der Waals surface area contributed by atoms with E-state index in [1.807, 2.05) is 0 Å². The van der Waals surface area contributed by atoms with Gasteiger partial charge in [0.15, 0.2) is 0 Å². The molecule has 0 radical (unpaired) electrons. The van der Waals surface area contributed by atoms with Crippen LogP contribution in [-0.4, -0.2) is 16.2 Å². The van der Waals surface area contributed by atoms with Gasteiger partial charge in [0.1, 0.15) is 11.5 Å². The summed E-state index contributed by atoms with van der Waals surface area (Å²) in [5, 5.41) is 9.63. The second-order valence-corrected chi connectivity index (χ2v) is 3.69. The third kappa shape index (κ3) is 3.65. The molecule has 0 aliphatic rings. The molecule has 1 aromatic heterocycles. The summed E-state index contributed by atoms with van der Waals surface area (Å²) in [5.74, 6) is 3.60. The minimum Gasteiger partial charge on any atom is -0.332 e. The molecule has 0 aromatic carbocycles. The quantitative estimate of drug-likeness (QED) is 0.501. The number of imidazole rings is 1. The standard InChI is InChI=1S/C8H6IN3S/c9-13-5-3-7-6-11-8(12-7)2-1-4-10/h1-2,4,6,10H,(H,11,12)/b2-1-,10-4?. The van der Waals surface area contributed by atoms with Crippen LogP contribution in [-0.2, 0) is 0 Å². The predicted octanol–water partition coefficient (Wildman–Crippen LogP) is 2.46. The lowest BCUT2D eigenvalue weighted by atomic mass is 10.5. The second kappa shape index (κ2) is 5.83. The predicted molar refractivity (Wildman–Crippen MR) is 64.9 cm³/mol. The minimum absolute atomic E-state index is 0.714. The van der Waals surface area contributed by atoms with Crippen LogP contribution < -0.4 is 0 Å². The number of allylic oxidation sites excluding steroid dienone is 1. The topological polar surface area (TPSA) is 52.5 Å². The van der Waals surface area contributed by atoms with Crippen molar-refractivity contribution >= 4 is 42.4 Å². The van der Waals surface area contributed by atoms with Gasteiger partial charge in [0.2, 0.25) is 0 Å². The average molecular weight is 303 g/mol. The van der Waals surface area contributed by atoms with E-state index in [1.54, 1.807) is 18.3 Å². The molecule has 0 amide bonds. The largest absolute Gasteiger partial charge is 0.332 e. The zero-order chi connectivity index (χ0) is 9.52. The Kier molecular flexibility index (Phi) is 4.64. The van der Waals surface area contributed by atoms with Crippen molar-refractivity contribution in [2.45, 2.75) is 0 Å². The van der Waals surface area contributed by atoms with Crippen molar-refractivity contribution in [2.75, 3.05) is 0 Å². The Labute approximate surface area is 92.5 Å². The molecule has 1 rings (SSSR count). The number of hydrogen-bond acceptors (Lipinski definition) is 3. The Morgan fingerprint density at radius 1 is 1.69 bits per heavy atom. The molecular formula is C8H6IN3S. The summed E-state index contributed by atoms with van der Waals surface area (Å²) in [6.07, 6.45) is 6.19. The zero-order valence-corrected chi connectivity index (χ0v) is 9.52. The molecule has 2 N–H and O–H groups in total. The van der Waals surface area contributed by atoms with Crippen molar-refractivity contribution in [1.29, 1.82) is 5.41 Å². The maximum Gasteiger partial charge on any atom is 0.130 e. The minimum atomic E-state index is 0.714. The van der Waals surface area contributed by atoms with Crippen molar-refractivity contribution in [3.63, 3.8) is 0 Å². The molecule has 0 atom stereocenters. The maximum atomic E-state index is 6.78. The van der Waals surface area contributed by atoms with Gasteiger partial charge < -0.3 is 10.4 Å². The highest BCUT2D eigenvalue weighted by molar-refractivity contribution is 14.2. The molecule has 0 fully saturated rings. The van der Waals surface area contributed by atoms with Gasteiger partial charge in [-0.3, -0.25) is 0 Å². The number of aromatic amines is 1. The van der Waals surface area contributed by atoms with Gasteiger partial charge >= 0.3 is 0 Å². The summed E-state index contributed by atoms with van der Waals surface area (Å²) >= 11 is 2.11. The van der Waals surface area contributed by atoms with Crippen LogP contribution in [0.5, 0.6) is 0 Å². The summed E-state index contributed by atoms with van der Waals surface area (Å²) in [6, 6.07) is 0. The molecule has 3 nitrogen and oxygen atoms in total. The first-order valence-corrected chi connectivity index (χ1v) is 6.73. The number of rotatable bonds is 2. The van der Waals surface area contributed by atoms with Crippen molar-refractivity contribution < 1.29 is 0 Å². The molecular weight excluding hydrogens is 297 g/mol. The fourth-order valence-corrected chi connectivity index (χ4v) is 1.18. The Hall–Kier alpha value is -0.740. The third-order valence-corrected chi connectivity index (χ3v) is 2.01.